The molecule has 0 saturated heterocycles. The van der Waals surface area contributed by atoms with Gasteiger partial charge in [-0.2, -0.15) is 0 Å². The van der Waals surface area contributed by atoms with Crippen LogP contribution in [-0.4, -0.2) is 17.7 Å². The van der Waals surface area contributed by atoms with Gasteiger partial charge in [0.1, 0.15) is 5.82 Å². The second-order valence-corrected chi connectivity index (χ2v) is 3.88. The van der Waals surface area contributed by atoms with Crippen molar-refractivity contribution in [1.29, 1.82) is 0 Å². The first-order valence-electron chi connectivity index (χ1n) is 5.66. The molecule has 0 spiro atoms. The maximum Gasteiger partial charge on any atom is 0.309 e. The molecule has 0 amide bonds. The summed E-state index contributed by atoms with van der Waals surface area (Å²) in [5.74, 6) is -0.917. The fourth-order valence-electron chi connectivity index (χ4n) is 1.66. The molecule has 1 atom stereocenters. The number of benzene rings is 1. The molecule has 1 rings (SSSR count). The van der Waals surface area contributed by atoms with Gasteiger partial charge in [0, 0.05) is 0 Å². The lowest BCUT2D eigenvalue weighted by Crippen LogP contribution is -2.29. The highest BCUT2D eigenvalue weighted by Crippen LogP contribution is 2.29. The van der Waals surface area contributed by atoms with Crippen LogP contribution in [0, 0.1) is 5.82 Å². The molecule has 0 aromatic heterocycles. The summed E-state index contributed by atoms with van der Waals surface area (Å²) in [5.41, 5.74) is -0.970. The van der Waals surface area contributed by atoms with Crippen LogP contribution < -0.4 is 0 Å². The first kappa shape index (κ1) is 13.6. The van der Waals surface area contributed by atoms with Gasteiger partial charge in [-0.15, -0.1) is 0 Å². The zero-order chi connectivity index (χ0) is 12.9. The van der Waals surface area contributed by atoms with Gasteiger partial charge in [0.15, 0.2) is 0 Å². The minimum atomic E-state index is -1.37. The highest BCUT2D eigenvalue weighted by Gasteiger charge is 2.31. The number of esters is 1. The molecule has 0 bridgehead atoms. The predicted octanol–water partition coefficient (Wildman–Crippen LogP) is 2.38. The summed E-state index contributed by atoms with van der Waals surface area (Å²) in [6, 6.07) is 5.65. The molecule has 4 heteroatoms. The molecule has 1 unspecified atom stereocenters. The molecule has 0 heterocycles. The summed E-state index contributed by atoms with van der Waals surface area (Å²) < 4.78 is 17.9. The normalized spacial score (nSPS) is 14.1. The molecule has 0 radical (unpaired) electrons. The molecule has 0 aliphatic rings. The van der Waals surface area contributed by atoms with Crippen molar-refractivity contribution in [2.24, 2.45) is 0 Å². The summed E-state index contributed by atoms with van der Waals surface area (Å²) >= 11 is 0. The van der Waals surface area contributed by atoms with E-state index in [4.69, 9.17) is 4.74 Å². The minimum absolute atomic E-state index is 0.166. The van der Waals surface area contributed by atoms with Gasteiger partial charge in [-0.1, -0.05) is 19.1 Å². The van der Waals surface area contributed by atoms with Crippen LogP contribution in [0.25, 0.3) is 0 Å². The van der Waals surface area contributed by atoms with E-state index in [2.05, 4.69) is 0 Å². The third-order valence-corrected chi connectivity index (χ3v) is 2.69. The van der Waals surface area contributed by atoms with Crippen molar-refractivity contribution in [3.8, 4) is 0 Å². The average Bonchev–Trinajstić information content (AvgIpc) is 2.29. The topological polar surface area (TPSA) is 46.5 Å². The van der Waals surface area contributed by atoms with E-state index in [-0.39, 0.29) is 13.0 Å². The van der Waals surface area contributed by atoms with Crippen LogP contribution in [0.2, 0.25) is 0 Å². The summed E-state index contributed by atoms with van der Waals surface area (Å²) in [4.78, 5) is 11.4. The Bertz CT molecular complexity index is 392. The van der Waals surface area contributed by atoms with Crippen LogP contribution in [0.3, 0.4) is 0 Å². The fourth-order valence-corrected chi connectivity index (χ4v) is 1.66. The minimum Gasteiger partial charge on any atom is -0.466 e. The quantitative estimate of drug-likeness (QED) is 0.804. The second kappa shape index (κ2) is 5.77. The van der Waals surface area contributed by atoms with E-state index >= 15 is 0 Å². The smallest absolute Gasteiger partial charge is 0.309 e. The Morgan fingerprint density at radius 2 is 2.18 bits per heavy atom. The van der Waals surface area contributed by atoms with Crippen molar-refractivity contribution < 1.29 is 19.0 Å². The lowest BCUT2D eigenvalue weighted by Gasteiger charge is -2.26. The third kappa shape index (κ3) is 3.53. The third-order valence-electron chi connectivity index (χ3n) is 2.69. The van der Waals surface area contributed by atoms with Crippen molar-refractivity contribution in [3.05, 3.63) is 35.6 Å². The van der Waals surface area contributed by atoms with Crippen molar-refractivity contribution >= 4 is 5.97 Å². The Morgan fingerprint density at radius 3 is 2.71 bits per heavy atom. The number of hydrogen-bond acceptors (Lipinski definition) is 3. The molecule has 0 aliphatic heterocycles. The standard InChI is InChI=1S/C13H17FO3/c1-3-13(16,9-12(15)17-4-2)10-6-5-7-11(14)8-10/h5-8,16H,3-4,9H2,1-2H3. The Labute approximate surface area is 100 Å². The predicted molar refractivity (Wildman–Crippen MR) is 61.8 cm³/mol. The zero-order valence-electron chi connectivity index (χ0n) is 10.1. The van der Waals surface area contributed by atoms with Gasteiger partial charge in [-0.3, -0.25) is 4.79 Å². The number of carbonyl (C=O) groups excluding carboxylic acids is 1. The summed E-state index contributed by atoms with van der Waals surface area (Å²) in [6.07, 6.45) is 0.149. The molecule has 0 saturated carbocycles. The van der Waals surface area contributed by atoms with Crippen molar-refractivity contribution in [2.45, 2.75) is 32.3 Å². The number of ether oxygens (including phenoxy) is 1. The fraction of sp³-hybridized carbons (Fsp3) is 0.462. The Balaban J connectivity index is 2.91. The second-order valence-electron chi connectivity index (χ2n) is 3.88. The molecular weight excluding hydrogens is 223 g/mol. The Morgan fingerprint density at radius 1 is 1.47 bits per heavy atom. The monoisotopic (exact) mass is 240 g/mol. The lowest BCUT2D eigenvalue weighted by molar-refractivity contribution is -0.149. The highest BCUT2D eigenvalue weighted by molar-refractivity contribution is 5.71. The summed E-state index contributed by atoms with van der Waals surface area (Å²) in [5, 5.41) is 10.3. The Kier molecular flexibility index (Phi) is 4.63. The highest BCUT2D eigenvalue weighted by atomic mass is 19.1. The van der Waals surface area contributed by atoms with Crippen LogP contribution in [-0.2, 0) is 15.1 Å². The van der Waals surface area contributed by atoms with Gasteiger partial charge in [-0.05, 0) is 31.0 Å². The SMILES string of the molecule is CCOC(=O)CC(O)(CC)c1cccc(F)c1. The van der Waals surface area contributed by atoms with Gasteiger partial charge >= 0.3 is 5.97 Å². The molecule has 17 heavy (non-hydrogen) atoms. The maximum atomic E-state index is 13.1. The van der Waals surface area contributed by atoms with Gasteiger partial charge in [0.2, 0.25) is 0 Å². The molecule has 3 nitrogen and oxygen atoms in total. The molecule has 0 aliphatic carbocycles. The van der Waals surface area contributed by atoms with Crippen LogP contribution in [0.4, 0.5) is 4.39 Å². The van der Waals surface area contributed by atoms with E-state index < -0.39 is 17.4 Å². The van der Waals surface area contributed by atoms with E-state index in [1.807, 2.05) is 0 Å². The van der Waals surface area contributed by atoms with Gasteiger partial charge in [-0.25, -0.2) is 4.39 Å². The van der Waals surface area contributed by atoms with Crippen molar-refractivity contribution in [2.75, 3.05) is 6.61 Å². The average molecular weight is 240 g/mol. The van der Waals surface area contributed by atoms with E-state index in [9.17, 15) is 14.3 Å². The summed E-state index contributed by atoms with van der Waals surface area (Å²) in [7, 11) is 0. The number of halogens is 1. The van der Waals surface area contributed by atoms with E-state index in [1.54, 1.807) is 19.9 Å². The first-order valence-corrected chi connectivity index (χ1v) is 5.66. The molecule has 1 N–H and O–H groups in total. The van der Waals surface area contributed by atoms with Gasteiger partial charge < -0.3 is 9.84 Å². The molecule has 1 aromatic rings. The van der Waals surface area contributed by atoms with Crippen LogP contribution in [0.1, 0.15) is 32.3 Å². The number of aliphatic hydroxyl groups is 1. The van der Waals surface area contributed by atoms with E-state index in [0.717, 1.165) is 0 Å². The summed E-state index contributed by atoms with van der Waals surface area (Å²) in [6.45, 7) is 3.71. The lowest BCUT2D eigenvalue weighted by atomic mass is 9.88. The molecular formula is C13H17FO3. The van der Waals surface area contributed by atoms with E-state index in [1.165, 1.54) is 18.2 Å². The number of hydrogen-bond donors (Lipinski definition) is 1. The van der Waals surface area contributed by atoms with Gasteiger partial charge in [0.25, 0.3) is 0 Å². The first-order chi connectivity index (χ1) is 8.01. The van der Waals surface area contributed by atoms with Gasteiger partial charge in [0.05, 0.1) is 18.6 Å². The molecule has 1 aromatic carbocycles. The van der Waals surface area contributed by atoms with Crippen LogP contribution in [0.15, 0.2) is 24.3 Å². The largest absolute Gasteiger partial charge is 0.466 e. The number of rotatable bonds is 5. The molecule has 0 fully saturated rings. The van der Waals surface area contributed by atoms with Crippen LogP contribution in [0.5, 0.6) is 0 Å². The molecule has 94 valence electrons. The van der Waals surface area contributed by atoms with Crippen molar-refractivity contribution in [3.63, 3.8) is 0 Å². The van der Waals surface area contributed by atoms with Crippen LogP contribution >= 0.6 is 0 Å². The maximum absolute atomic E-state index is 13.1. The van der Waals surface area contributed by atoms with Crippen molar-refractivity contribution in [1.82, 2.24) is 0 Å². The number of carbonyl (C=O) groups is 1. The zero-order valence-corrected chi connectivity index (χ0v) is 10.1. The van der Waals surface area contributed by atoms with E-state index in [0.29, 0.717) is 12.0 Å². The Hall–Kier alpha value is -1.42.